The van der Waals surface area contributed by atoms with Crippen LogP contribution in [0.4, 0.5) is 0 Å². The van der Waals surface area contributed by atoms with Crippen LogP contribution in [-0.2, 0) is 4.79 Å². The molecule has 0 aromatic carbocycles. The molecule has 0 rings (SSSR count). The zero-order valence-electron chi connectivity index (χ0n) is 10.3. The summed E-state index contributed by atoms with van der Waals surface area (Å²) >= 11 is 0. The van der Waals surface area contributed by atoms with Crippen molar-refractivity contribution in [2.45, 2.75) is 34.0 Å². The van der Waals surface area contributed by atoms with Crippen molar-refractivity contribution in [2.75, 3.05) is 0 Å². The molecule has 15 heavy (non-hydrogen) atoms. The Morgan fingerprint density at radius 3 is 2.07 bits per heavy atom. The second-order valence-corrected chi connectivity index (χ2v) is 3.22. The van der Waals surface area contributed by atoms with Crippen LogP contribution in [-0.4, -0.2) is 13.6 Å². The van der Waals surface area contributed by atoms with E-state index in [0.29, 0.717) is 11.5 Å². The molecule has 2 heteroatoms. The fraction of sp³-hybridized carbons (Fsp3) is 0.462. The van der Waals surface area contributed by atoms with Gasteiger partial charge in [0, 0.05) is 5.57 Å². The van der Waals surface area contributed by atoms with Crippen molar-refractivity contribution < 1.29 is 4.79 Å². The van der Waals surface area contributed by atoms with Gasteiger partial charge in [-0.25, -0.2) is 0 Å². The lowest BCUT2D eigenvalue weighted by Crippen LogP contribution is -1.97. The molecule has 82 valence electrons. The van der Waals surface area contributed by atoms with Crippen LogP contribution in [0.15, 0.2) is 36.5 Å². The van der Waals surface area contributed by atoms with Gasteiger partial charge in [-0.3, -0.25) is 4.79 Å². The first kappa shape index (κ1) is 16.4. The molecule has 1 nitrogen and oxygen atoms in total. The largest absolute Gasteiger partial charge is 0.295 e. The number of carbonyl (C=O) groups is 1. The fourth-order valence-electron chi connectivity index (χ4n) is 0.624. The van der Waals surface area contributed by atoms with E-state index in [1.54, 1.807) is 12.2 Å². The second-order valence-electron chi connectivity index (χ2n) is 3.22. The predicted molar refractivity (Wildman–Crippen MR) is 69.2 cm³/mol. The zero-order chi connectivity index (χ0) is 12.4. The highest BCUT2D eigenvalue weighted by Crippen LogP contribution is 2.09. The molecule has 0 saturated carbocycles. The Labute approximate surface area is 95.4 Å². The Hall–Kier alpha value is -1.05. The third-order valence-electron chi connectivity index (χ3n) is 1.78. The number of rotatable bonds is 5. The van der Waals surface area contributed by atoms with Crippen molar-refractivity contribution in [3.8, 4) is 0 Å². The summed E-state index contributed by atoms with van der Waals surface area (Å²) in [6.45, 7) is 15.5. The number of Topliss-reactive ketones (excluding diaryl/α,β-unsaturated/α-hetero) is 1. The lowest BCUT2D eigenvalue weighted by atomic mass is 9.95. The molecular weight excluding hydrogens is 183 g/mol. The quantitative estimate of drug-likeness (QED) is 0.380. The molecule has 0 aliphatic rings. The first-order valence-corrected chi connectivity index (χ1v) is 5.28. The fourth-order valence-corrected chi connectivity index (χ4v) is 0.624. The van der Waals surface area contributed by atoms with Crippen LogP contribution < -0.4 is 0 Å². The summed E-state index contributed by atoms with van der Waals surface area (Å²) in [5.74, 6) is 0.254. The van der Waals surface area contributed by atoms with Gasteiger partial charge in [0.1, 0.15) is 0 Å². The predicted octanol–water partition coefficient (Wildman–Crippen LogP) is 3.49. The van der Waals surface area contributed by atoms with Crippen LogP contribution in [0.25, 0.3) is 0 Å². The van der Waals surface area contributed by atoms with Crippen LogP contribution in [0, 0.1) is 5.92 Å². The van der Waals surface area contributed by atoms with E-state index < -0.39 is 0 Å². The van der Waals surface area contributed by atoms with Crippen LogP contribution in [0.5, 0.6) is 0 Å². The van der Waals surface area contributed by atoms with Crippen LogP contribution in [0.2, 0.25) is 6.32 Å². The molecule has 0 unspecified atom stereocenters. The third-order valence-corrected chi connectivity index (χ3v) is 1.78. The first-order chi connectivity index (χ1) is 6.99. The number of hydrogen-bond donors (Lipinski definition) is 0. The summed E-state index contributed by atoms with van der Waals surface area (Å²) in [5, 5.41) is 0. The molecule has 0 aliphatic heterocycles. The van der Waals surface area contributed by atoms with E-state index in [9.17, 15) is 4.79 Å². The Balaban J connectivity index is 0. The van der Waals surface area contributed by atoms with Gasteiger partial charge in [0.05, 0.1) is 7.85 Å². The molecule has 0 bridgehead atoms. The number of ketones is 1. The molecule has 0 aliphatic carbocycles. The van der Waals surface area contributed by atoms with Gasteiger partial charge in [-0.15, -0.1) is 0 Å². The van der Waals surface area contributed by atoms with E-state index in [0.717, 1.165) is 5.57 Å². The summed E-state index contributed by atoms with van der Waals surface area (Å²) in [5.41, 5.74) is 1.41. The van der Waals surface area contributed by atoms with Crippen LogP contribution >= 0.6 is 0 Å². The monoisotopic (exact) mass is 204 g/mol. The van der Waals surface area contributed by atoms with E-state index in [2.05, 4.69) is 13.2 Å². The first-order valence-electron chi connectivity index (χ1n) is 5.28. The summed E-state index contributed by atoms with van der Waals surface area (Å²) in [7, 11) is 5.17. The highest BCUT2D eigenvalue weighted by atomic mass is 16.1. The maximum atomic E-state index is 11.0. The van der Waals surface area contributed by atoms with Gasteiger partial charge in [-0.1, -0.05) is 58.6 Å². The Morgan fingerprint density at radius 1 is 1.27 bits per heavy atom. The molecular formula is C13H21BO. The molecule has 2 radical (unpaired) electrons. The lowest BCUT2D eigenvalue weighted by molar-refractivity contribution is -0.113. The van der Waals surface area contributed by atoms with E-state index >= 15 is 0 Å². The van der Waals surface area contributed by atoms with Gasteiger partial charge < -0.3 is 0 Å². The second kappa shape index (κ2) is 9.51. The minimum atomic E-state index is -0.132. The summed E-state index contributed by atoms with van der Waals surface area (Å²) < 4.78 is 0. The van der Waals surface area contributed by atoms with Crippen molar-refractivity contribution in [3.63, 3.8) is 0 Å². The topological polar surface area (TPSA) is 17.1 Å². The molecule has 0 saturated heterocycles. The van der Waals surface area contributed by atoms with Gasteiger partial charge in [-0.2, -0.15) is 0 Å². The molecule has 0 aromatic heterocycles. The van der Waals surface area contributed by atoms with Gasteiger partial charge in [0.15, 0.2) is 5.78 Å². The molecule has 0 amide bonds. The highest BCUT2D eigenvalue weighted by Gasteiger charge is 2.00. The zero-order valence-corrected chi connectivity index (χ0v) is 10.3. The van der Waals surface area contributed by atoms with Gasteiger partial charge in [-0.05, 0) is 12.2 Å². The van der Waals surface area contributed by atoms with Gasteiger partial charge in [0.25, 0.3) is 0 Å². The van der Waals surface area contributed by atoms with Crippen LogP contribution in [0.1, 0.15) is 27.7 Å². The number of allylic oxidation sites excluding steroid dienone is 4. The van der Waals surface area contributed by atoms with E-state index in [1.165, 1.54) is 0 Å². The van der Waals surface area contributed by atoms with Gasteiger partial charge in [0.2, 0.25) is 0 Å². The van der Waals surface area contributed by atoms with Crippen molar-refractivity contribution in [3.05, 3.63) is 36.5 Å². The summed E-state index contributed by atoms with van der Waals surface area (Å²) in [6.07, 6.45) is 3.48. The SMILES string of the molecule is CC.[B]CC(=O)C(=C)/C=C\C(=C)C(C)C. The third kappa shape index (κ3) is 7.98. The van der Waals surface area contributed by atoms with E-state index in [4.69, 9.17) is 7.85 Å². The summed E-state index contributed by atoms with van der Waals surface area (Å²) in [4.78, 5) is 11.0. The smallest absolute Gasteiger partial charge is 0.153 e. The molecule has 0 atom stereocenters. The van der Waals surface area contributed by atoms with Crippen LogP contribution in [0.3, 0.4) is 0 Å². The minimum absolute atomic E-state index is 0.0112. The molecule has 0 N–H and O–H groups in total. The maximum Gasteiger partial charge on any atom is 0.153 e. The summed E-state index contributed by atoms with van der Waals surface area (Å²) in [6, 6.07) is 0. The Morgan fingerprint density at radius 2 is 1.73 bits per heavy atom. The van der Waals surface area contributed by atoms with E-state index in [1.807, 2.05) is 27.7 Å². The minimum Gasteiger partial charge on any atom is -0.295 e. The molecule has 0 spiro atoms. The normalized spacial score (nSPS) is 9.67. The highest BCUT2D eigenvalue weighted by molar-refractivity contribution is 6.24. The number of hydrogen-bond acceptors (Lipinski definition) is 1. The van der Waals surface area contributed by atoms with Crippen molar-refractivity contribution in [2.24, 2.45) is 5.92 Å². The number of carbonyl (C=O) groups excluding carboxylic acids is 1. The van der Waals surface area contributed by atoms with E-state index in [-0.39, 0.29) is 12.1 Å². The maximum absolute atomic E-state index is 11.0. The van der Waals surface area contributed by atoms with Crippen molar-refractivity contribution >= 4 is 13.6 Å². The van der Waals surface area contributed by atoms with Gasteiger partial charge >= 0.3 is 0 Å². The van der Waals surface area contributed by atoms with Crippen molar-refractivity contribution in [1.29, 1.82) is 0 Å². The molecule has 0 fully saturated rings. The average Bonchev–Trinajstić information content (AvgIpc) is 2.26. The molecule has 0 aromatic rings. The Kier molecular flexibility index (Phi) is 10.4. The Bertz CT molecular complexity index is 249. The lowest BCUT2D eigenvalue weighted by Gasteiger charge is -2.02. The van der Waals surface area contributed by atoms with Crippen molar-refractivity contribution in [1.82, 2.24) is 0 Å². The standard InChI is InChI=1S/C11H15BO.C2H6/c1-8(2)9(3)5-6-10(4)11(13)7-12;1-2/h5-6,8H,3-4,7H2,1-2H3;1-2H3/b6-5-;. The average molecular weight is 204 g/mol. The molecule has 0 heterocycles.